The van der Waals surface area contributed by atoms with E-state index in [1.807, 2.05) is 18.2 Å². The van der Waals surface area contributed by atoms with Crippen molar-refractivity contribution in [3.63, 3.8) is 0 Å². The zero-order valence-corrected chi connectivity index (χ0v) is 15.7. The average Bonchev–Trinajstić information content (AvgIpc) is 3.06. The smallest absolute Gasteiger partial charge is 0.265 e. The molecule has 0 unspecified atom stereocenters. The number of hydrogen-bond acceptors (Lipinski definition) is 6. The lowest BCUT2D eigenvalue weighted by molar-refractivity contribution is 0.102. The van der Waals surface area contributed by atoms with Gasteiger partial charge in [-0.05, 0) is 36.8 Å². The van der Waals surface area contributed by atoms with E-state index < -0.39 is 0 Å². The highest BCUT2D eigenvalue weighted by Gasteiger charge is 2.19. The van der Waals surface area contributed by atoms with Gasteiger partial charge in [0.15, 0.2) is 5.13 Å². The number of nitrogens with zero attached hydrogens (tertiary/aromatic N) is 1. The summed E-state index contributed by atoms with van der Waals surface area (Å²) < 4.78 is 17.2. The van der Waals surface area contributed by atoms with Crippen LogP contribution in [0.5, 0.6) is 17.2 Å². The molecule has 7 heteroatoms. The second-order valence-electron chi connectivity index (χ2n) is 5.49. The Hall–Kier alpha value is -2.80. The van der Waals surface area contributed by atoms with Gasteiger partial charge in [0.25, 0.3) is 5.91 Å². The molecule has 2 aromatic carbocycles. The third kappa shape index (κ3) is 3.72. The van der Waals surface area contributed by atoms with Gasteiger partial charge in [-0.3, -0.25) is 10.1 Å². The summed E-state index contributed by atoms with van der Waals surface area (Å²) in [5.41, 5.74) is 1.14. The van der Waals surface area contributed by atoms with Crippen molar-refractivity contribution in [2.45, 2.75) is 13.3 Å². The molecule has 0 saturated carbocycles. The number of hydrogen-bond donors (Lipinski definition) is 1. The van der Waals surface area contributed by atoms with Gasteiger partial charge < -0.3 is 14.2 Å². The highest BCUT2D eigenvalue weighted by Crippen LogP contribution is 2.32. The molecule has 3 aromatic rings. The first-order valence-electron chi connectivity index (χ1n) is 8.22. The van der Waals surface area contributed by atoms with Gasteiger partial charge in [-0.15, -0.1) is 0 Å². The summed E-state index contributed by atoms with van der Waals surface area (Å²) in [7, 11) is 3.03. The maximum Gasteiger partial charge on any atom is 0.265 e. The van der Waals surface area contributed by atoms with Crippen molar-refractivity contribution in [1.29, 1.82) is 0 Å². The van der Waals surface area contributed by atoms with Gasteiger partial charge in [0, 0.05) is 0 Å². The van der Waals surface area contributed by atoms with Crippen LogP contribution in [0.3, 0.4) is 0 Å². The van der Waals surface area contributed by atoms with Crippen LogP contribution >= 0.6 is 11.3 Å². The summed E-state index contributed by atoms with van der Waals surface area (Å²) in [4.78, 5) is 17.2. The Kier molecular flexibility index (Phi) is 5.58. The van der Waals surface area contributed by atoms with E-state index in [1.54, 1.807) is 18.2 Å². The van der Waals surface area contributed by atoms with Crippen molar-refractivity contribution < 1.29 is 19.0 Å². The summed E-state index contributed by atoms with van der Waals surface area (Å²) >= 11 is 1.39. The van der Waals surface area contributed by atoms with Gasteiger partial charge in [0.05, 0.1) is 31.0 Å². The second-order valence-corrected chi connectivity index (χ2v) is 6.52. The van der Waals surface area contributed by atoms with Crippen LogP contribution in [0.1, 0.15) is 23.7 Å². The highest BCUT2D eigenvalue weighted by molar-refractivity contribution is 7.22. The molecule has 26 heavy (non-hydrogen) atoms. The molecule has 0 radical (unpaired) electrons. The number of aromatic nitrogens is 1. The van der Waals surface area contributed by atoms with Crippen molar-refractivity contribution >= 4 is 32.6 Å². The SMILES string of the molecule is CCCOc1ccc2nc(NC(=O)c3c(OC)cccc3OC)sc2c1. The zero-order valence-electron chi connectivity index (χ0n) is 14.9. The van der Waals surface area contributed by atoms with Gasteiger partial charge in [-0.1, -0.05) is 24.3 Å². The minimum atomic E-state index is -0.333. The fourth-order valence-electron chi connectivity index (χ4n) is 2.50. The predicted octanol–water partition coefficient (Wildman–Crippen LogP) is 4.35. The van der Waals surface area contributed by atoms with E-state index in [0.717, 1.165) is 22.4 Å². The second kappa shape index (κ2) is 8.05. The molecule has 1 N–H and O–H groups in total. The number of amides is 1. The Bertz CT molecular complexity index is 901. The molecule has 1 amide bonds. The summed E-state index contributed by atoms with van der Waals surface area (Å²) in [5.74, 6) is 1.35. The third-order valence-electron chi connectivity index (χ3n) is 3.71. The van der Waals surface area contributed by atoms with Crippen LogP contribution < -0.4 is 19.5 Å². The predicted molar refractivity (Wildman–Crippen MR) is 103 cm³/mol. The number of ether oxygens (including phenoxy) is 3. The first-order valence-corrected chi connectivity index (χ1v) is 9.03. The molecule has 0 aliphatic heterocycles. The lowest BCUT2D eigenvalue weighted by atomic mass is 10.1. The zero-order chi connectivity index (χ0) is 18.5. The minimum absolute atomic E-state index is 0.333. The Morgan fingerprint density at radius 2 is 1.88 bits per heavy atom. The molecule has 0 aliphatic carbocycles. The highest BCUT2D eigenvalue weighted by atomic mass is 32.1. The molecule has 3 rings (SSSR count). The number of fused-ring (bicyclic) bond motifs is 1. The largest absolute Gasteiger partial charge is 0.496 e. The normalized spacial score (nSPS) is 10.6. The van der Waals surface area contributed by atoms with E-state index in [0.29, 0.717) is 28.8 Å². The summed E-state index contributed by atoms with van der Waals surface area (Å²) in [6, 6.07) is 10.9. The monoisotopic (exact) mass is 372 g/mol. The van der Waals surface area contributed by atoms with Crippen LogP contribution in [0.25, 0.3) is 10.2 Å². The molecule has 1 aromatic heterocycles. The number of thiazole rings is 1. The number of nitrogens with one attached hydrogen (secondary N) is 1. The Balaban J connectivity index is 1.86. The molecule has 0 saturated heterocycles. The fraction of sp³-hybridized carbons (Fsp3) is 0.263. The molecule has 6 nitrogen and oxygen atoms in total. The lowest BCUT2D eigenvalue weighted by Crippen LogP contribution is -2.14. The lowest BCUT2D eigenvalue weighted by Gasteiger charge is -2.11. The number of carbonyl (C=O) groups is 1. The van der Waals surface area contributed by atoms with Crippen LogP contribution in [0, 0.1) is 0 Å². The van der Waals surface area contributed by atoms with E-state index in [1.165, 1.54) is 25.6 Å². The number of rotatable bonds is 7. The van der Waals surface area contributed by atoms with E-state index >= 15 is 0 Å². The topological polar surface area (TPSA) is 69.7 Å². The Morgan fingerprint density at radius 3 is 2.54 bits per heavy atom. The summed E-state index contributed by atoms with van der Waals surface area (Å²) in [5, 5.41) is 3.33. The van der Waals surface area contributed by atoms with E-state index in [-0.39, 0.29) is 5.91 Å². The Labute approximate surface area is 155 Å². The first-order chi connectivity index (χ1) is 12.7. The fourth-order valence-corrected chi connectivity index (χ4v) is 3.39. The van der Waals surface area contributed by atoms with Crippen molar-refractivity contribution in [2.24, 2.45) is 0 Å². The maximum absolute atomic E-state index is 12.7. The molecular weight excluding hydrogens is 352 g/mol. The van der Waals surface area contributed by atoms with Crippen molar-refractivity contribution in [1.82, 2.24) is 4.98 Å². The first kappa shape index (κ1) is 18.0. The molecule has 0 bridgehead atoms. The summed E-state index contributed by atoms with van der Waals surface area (Å²) in [6.07, 6.45) is 0.947. The molecular formula is C19H20N2O4S. The molecule has 0 spiro atoms. The van der Waals surface area contributed by atoms with Gasteiger partial charge in [-0.25, -0.2) is 4.98 Å². The number of methoxy groups -OCH3 is 2. The number of benzene rings is 2. The molecule has 0 fully saturated rings. The van der Waals surface area contributed by atoms with Crippen LogP contribution in [-0.2, 0) is 0 Å². The quantitative estimate of drug-likeness (QED) is 0.667. The van der Waals surface area contributed by atoms with Crippen molar-refractivity contribution in [2.75, 3.05) is 26.1 Å². The molecule has 1 heterocycles. The van der Waals surface area contributed by atoms with Crippen LogP contribution in [0.2, 0.25) is 0 Å². The molecule has 136 valence electrons. The van der Waals surface area contributed by atoms with E-state index in [4.69, 9.17) is 14.2 Å². The van der Waals surface area contributed by atoms with Crippen LogP contribution in [0.4, 0.5) is 5.13 Å². The average molecular weight is 372 g/mol. The molecule has 0 atom stereocenters. The van der Waals surface area contributed by atoms with Crippen LogP contribution in [0.15, 0.2) is 36.4 Å². The van der Waals surface area contributed by atoms with Gasteiger partial charge >= 0.3 is 0 Å². The third-order valence-corrected chi connectivity index (χ3v) is 4.64. The maximum atomic E-state index is 12.7. The van der Waals surface area contributed by atoms with E-state index in [2.05, 4.69) is 17.2 Å². The van der Waals surface area contributed by atoms with Crippen molar-refractivity contribution in [3.05, 3.63) is 42.0 Å². The van der Waals surface area contributed by atoms with Crippen LogP contribution in [-0.4, -0.2) is 31.7 Å². The number of carbonyl (C=O) groups excluding carboxylic acids is 1. The standard InChI is InChI=1S/C19H20N2O4S/c1-4-10-25-12-8-9-13-16(11-12)26-19(20-13)21-18(22)17-14(23-2)6-5-7-15(17)24-3/h5-9,11H,4,10H2,1-3H3,(H,20,21,22). The van der Waals surface area contributed by atoms with Gasteiger partial charge in [0.1, 0.15) is 22.8 Å². The minimum Gasteiger partial charge on any atom is -0.496 e. The van der Waals surface area contributed by atoms with Crippen molar-refractivity contribution in [3.8, 4) is 17.2 Å². The Morgan fingerprint density at radius 1 is 1.15 bits per heavy atom. The van der Waals surface area contributed by atoms with E-state index in [9.17, 15) is 4.79 Å². The van der Waals surface area contributed by atoms with Gasteiger partial charge in [-0.2, -0.15) is 0 Å². The van der Waals surface area contributed by atoms with Gasteiger partial charge in [0.2, 0.25) is 0 Å². The number of anilines is 1. The molecule has 0 aliphatic rings. The summed E-state index contributed by atoms with van der Waals surface area (Å²) in [6.45, 7) is 2.73.